The predicted molar refractivity (Wildman–Crippen MR) is 113 cm³/mol. The number of aromatic nitrogens is 2. The fourth-order valence-corrected chi connectivity index (χ4v) is 4.64. The molecule has 0 aliphatic carbocycles. The largest absolute Gasteiger partial charge is 0.371 e. The number of hydrogen-bond donors (Lipinski definition) is 0. The van der Waals surface area contributed by atoms with Crippen molar-refractivity contribution < 1.29 is 9.32 Å². The summed E-state index contributed by atoms with van der Waals surface area (Å²) in [5, 5.41) is 5.90. The highest BCUT2D eigenvalue weighted by atomic mass is 32.1. The number of rotatable bonds is 5. The Labute approximate surface area is 169 Å². The molecule has 1 aliphatic heterocycles. The number of fused-ring (bicyclic) bond motifs is 1. The molecule has 0 N–H and O–H groups in total. The van der Waals surface area contributed by atoms with Gasteiger partial charge >= 0.3 is 0 Å². The SMILES string of the molecule is CC(C)CN(C)C(=O)c1cnc(-c2noc3cc(N4CCCCC4)ccc23)s1. The van der Waals surface area contributed by atoms with E-state index in [0.29, 0.717) is 21.5 Å². The van der Waals surface area contributed by atoms with E-state index in [1.807, 2.05) is 7.05 Å². The molecule has 148 valence electrons. The molecule has 2 aromatic heterocycles. The molecule has 0 radical (unpaired) electrons. The zero-order chi connectivity index (χ0) is 19.7. The molecule has 3 aromatic rings. The maximum Gasteiger partial charge on any atom is 0.265 e. The van der Waals surface area contributed by atoms with Crippen LogP contribution in [0.15, 0.2) is 28.9 Å². The van der Waals surface area contributed by atoms with Gasteiger partial charge in [0.2, 0.25) is 0 Å². The first-order chi connectivity index (χ1) is 13.5. The van der Waals surface area contributed by atoms with Crippen LogP contribution < -0.4 is 4.90 Å². The van der Waals surface area contributed by atoms with Crippen molar-refractivity contribution in [2.45, 2.75) is 33.1 Å². The third-order valence-electron chi connectivity index (χ3n) is 5.08. The Morgan fingerprint density at radius 3 is 2.82 bits per heavy atom. The van der Waals surface area contributed by atoms with Gasteiger partial charge in [0.15, 0.2) is 5.58 Å². The van der Waals surface area contributed by atoms with Crippen molar-refractivity contribution in [2.75, 3.05) is 31.6 Å². The van der Waals surface area contributed by atoms with E-state index in [-0.39, 0.29) is 5.91 Å². The number of carbonyl (C=O) groups excluding carboxylic acids is 1. The average molecular weight is 399 g/mol. The molecule has 1 aromatic carbocycles. The van der Waals surface area contributed by atoms with Gasteiger partial charge in [-0.15, -0.1) is 11.3 Å². The summed E-state index contributed by atoms with van der Waals surface area (Å²) in [6, 6.07) is 6.25. The molecule has 4 rings (SSSR count). The lowest BCUT2D eigenvalue weighted by atomic mass is 10.1. The standard InChI is InChI=1S/C21H26N4O2S/c1-14(2)13-24(3)21(26)18-12-22-20(28-18)19-16-8-7-15(11-17(16)27-23-19)25-9-5-4-6-10-25/h7-8,11-12,14H,4-6,9-10,13H2,1-3H3. The third kappa shape index (κ3) is 3.76. The lowest BCUT2D eigenvalue weighted by molar-refractivity contribution is 0.0783. The molecule has 28 heavy (non-hydrogen) atoms. The fourth-order valence-electron chi connectivity index (χ4n) is 3.73. The van der Waals surface area contributed by atoms with Gasteiger partial charge in [-0.05, 0) is 37.3 Å². The lowest BCUT2D eigenvalue weighted by Gasteiger charge is -2.28. The number of piperidine rings is 1. The summed E-state index contributed by atoms with van der Waals surface area (Å²) < 4.78 is 5.60. The van der Waals surface area contributed by atoms with Crippen molar-refractivity contribution in [3.05, 3.63) is 29.3 Å². The molecule has 0 unspecified atom stereocenters. The first kappa shape index (κ1) is 18.9. The minimum Gasteiger partial charge on any atom is -0.371 e. The second kappa shape index (κ2) is 7.91. The van der Waals surface area contributed by atoms with Gasteiger partial charge in [-0.1, -0.05) is 19.0 Å². The van der Waals surface area contributed by atoms with Crippen molar-refractivity contribution in [3.8, 4) is 10.7 Å². The van der Waals surface area contributed by atoms with Gasteiger partial charge in [-0.3, -0.25) is 4.79 Å². The molecule has 0 saturated carbocycles. The number of carbonyl (C=O) groups is 1. The van der Waals surface area contributed by atoms with Crippen molar-refractivity contribution in [2.24, 2.45) is 5.92 Å². The normalized spacial score (nSPS) is 14.8. The van der Waals surface area contributed by atoms with E-state index >= 15 is 0 Å². The van der Waals surface area contributed by atoms with Gasteiger partial charge < -0.3 is 14.3 Å². The molecule has 0 spiro atoms. The van der Waals surface area contributed by atoms with E-state index in [9.17, 15) is 4.79 Å². The molecular weight excluding hydrogens is 372 g/mol. The third-order valence-corrected chi connectivity index (χ3v) is 6.07. The van der Waals surface area contributed by atoms with Crippen LogP contribution >= 0.6 is 11.3 Å². The van der Waals surface area contributed by atoms with Crippen LogP contribution in [0.5, 0.6) is 0 Å². The molecular formula is C21H26N4O2S. The summed E-state index contributed by atoms with van der Waals surface area (Å²) in [5.74, 6) is 0.424. The molecule has 6 nitrogen and oxygen atoms in total. The number of nitrogens with zero attached hydrogens (tertiary/aromatic N) is 4. The first-order valence-corrected chi connectivity index (χ1v) is 10.7. The molecule has 1 amide bonds. The topological polar surface area (TPSA) is 62.5 Å². The van der Waals surface area contributed by atoms with E-state index in [4.69, 9.17) is 4.52 Å². The van der Waals surface area contributed by atoms with E-state index in [1.54, 1.807) is 11.1 Å². The Bertz CT molecular complexity index is 972. The van der Waals surface area contributed by atoms with Crippen LogP contribution in [-0.2, 0) is 0 Å². The van der Waals surface area contributed by atoms with Gasteiger partial charge in [0.1, 0.15) is 15.6 Å². The second-order valence-electron chi connectivity index (χ2n) is 7.87. The van der Waals surface area contributed by atoms with Crippen molar-refractivity contribution in [3.63, 3.8) is 0 Å². The Kier molecular flexibility index (Phi) is 5.35. The molecule has 0 atom stereocenters. The van der Waals surface area contributed by atoms with E-state index in [2.05, 4.69) is 47.1 Å². The van der Waals surface area contributed by atoms with Gasteiger partial charge in [0, 0.05) is 38.4 Å². The summed E-state index contributed by atoms with van der Waals surface area (Å²) in [5.41, 5.74) is 2.65. The van der Waals surface area contributed by atoms with Crippen LogP contribution in [0.4, 0.5) is 5.69 Å². The average Bonchev–Trinajstić information content (AvgIpc) is 3.34. The maximum atomic E-state index is 12.6. The maximum absolute atomic E-state index is 12.6. The number of amides is 1. The summed E-state index contributed by atoms with van der Waals surface area (Å²) in [4.78, 5) is 21.8. The molecule has 7 heteroatoms. The predicted octanol–water partition coefficient (Wildman–Crippen LogP) is 4.67. The Hall–Kier alpha value is -2.41. The minimum atomic E-state index is -0.00219. The van der Waals surface area contributed by atoms with Crippen molar-refractivity contribution in [1.29, 1.82) is 0 Å². The fraction of sp³-hybridized carbons (Fsp3) is 0.476. The molecule has 1 fully saturated rings. The van der Waals surface area contributed by atoms with Crippen LogP contribution in [0.3, 0.4) is 0 Å². The van der Waals surface area contributed by atoms with Crippen molar-refractivity contribution in [1.82, 2.24) is 15.0 Å². The molecule has 1 aliphatic rings. The lowest BCUT2D eigenvalue weighted by Crippen LogP contribution is -2.29. The van der Waals surface area contributed by atoms with Crippen LogP contribution in [0.2, 0.25) is 0 Å². The summed E-state index contributed by atoms with van der Waals surface area (Å²) in [6.07, 6.45) is 5.42. The monoisotopic (exact) mass is 398 g/mol. The summed E-state index contributed by atoms with van der Waals surface area (Å²) >= 11 is 1.37. The molecule has 3 heterocycles. The summed E-state index contributed by atoms with van der Waals surface area (Å²) in [7, 11) is 1.83. The zero-order valence-electron chi connectivity index (χ0n) is 16.6. The number of anilines is 1. The Morgan fingerprint density at radius 1 is 1.29 bits per heavy atom. The first-order valence-electron chi connectivity index (χ1n) is 9.89. The van der Waals surface area contributed by atoms with E-state index in [1.165, 1.54) is 36.3 Å². The number of hydrogen-bond acceptors (Lipinski definition) is 6. The van der Waals surface area contributed by atoms with Gasteiger partial charge in [0.05, 0.1) is 11.6 Å². The quantitative estimate of drug-likeness (QED) is 0.625. The van der Waals surface area contributed by atoms with Crippen LogP contribution in [0, 0.1) is 5.92 Å². The number of benzene rings is 1. The van der Waals surface area contributed by atoms with E-state index < -0.39 is 0 Å². The molecule has 1 saturated heterocycles. The zero-order valence-corrected chi connectivity index (χ0v) is 17.5. The van der Waals surface area contributed by atoms with Gasteiger partial charge in [-0.25, -0.2) is 4.98 Å². The smallest absolute Gasteiger partial charge is 0.265 e. The van der Waals surface area contributed by atoms with Gasteiger partial charge in [0.25, 0.3) is 5.91 Å². The van der Waals surface area contributed by atoms with Crippen LogP contribution in [0.1, 0.15) is 42.8 Å². The Balaban J connectivity index is 1.58. The highest BCUT2D eigenvalue weighted by molar-refractivity contribution is 7.17. The highest BCUT2D eigenvalue weighted by Crippen LogP contribution is 2.33. The Morgan fingerprint density at radius 2 is 2.07 bits per heavy atom. The van der Waals surface area contributed by atoms with Crippen LogP contribution in [-0.4, -0.2) is 47.6 Å². The number of thiazole rings is 1. The van der Waals surface area contributed by atoms with Crippen molar-refractivity contribution >= 4 is 33.9 Å². The van der Waals surface area contributed by atoms with Crippen LogP contribution in [0.25, 0.3) is 21.7 Å². The van der Waals surface area contributed by atoms with E-state index in [0.717, 1.165) is 30.6 Å². The minimum absolute atomic E-state index is 0.00219. The highest BCUT2D eigenvalue weighted by Gasteiger charge is 2.20. The summed E-state index contributed by atoms with van der Waals surface area (Å²) in [6.45, 7) is 7.10. The molecule has 0 bridgehead atoms. The second-order valence-corrected chi connectivity index (χ2v) is 8.90. The van der Waals surface area contributed by atoms with Gasteiger partial charge in [-0.2, -0.15) is 0 Å².